The molecule has 0 unspecified atom stereocenters. The van der Waals surface area contributed by atoms with Gasteiger partial charge in [-0.15, -0.1) is 0 Å². The first-order chi connectivity index (χ1) is 14.2. The van der Waals surface area contributed by atoms with Gasteiger partial charge in [-0.05, 0) is 49.2 Å². The number of likely N-dealkylation sites (tertiary alicyclic amines) is 1. The molecule has 1 atom stereocenters. The van der Waals surface area contributed by atoms with Gasteiger partial charge in [0.1, 0.15) is 17.3 Å². The minimum absolute atomic E-state index is 0.0956. The molecule has 0 N–H and O–H groups in total. The number of methoxy groups -OCH3 is 1. The number of aromatic nitrogens is 1. The Morgan fingerprint density at radius 1 is 1.14 bits per heavy atom. The monoisotopic (exact) mass is 394 g/mol. The van der Waals surface area contributed by atoms with Crippen molar-refractivity contribution in [1.82, 2.24) is 10.1 Å². The van der Waals surface area contributed by atoms with Gasteiger partial charge >= 0.3 is 0 Å². The summed E-state index contributed by atoms with van der Waals surface area (Å²) in [6, 6.07) is 15.3. The highest BCUT2D eigenvalue weighted by Gasteiger charge is 2.31. The summed E-state index contributed by atoms with van der Waals surface area (Å²) in [5, 5.41) is 4.26. The van der Waals surface area contributed by atoms with E-state index in [1.54, 1.807) is 24.1 Å². The third-order valence-electron chi connectivity index (χ3n) is 5.36. The minimum Gasteiger partial charge on any atom is -0.497 e. The van der Waals surface area contributed by atoms with Crippen molar-refractivity contribution in [2.45, 2.75) is 31.7 Å². The average Bonchev–Trinajstić information content (AvgIpc) is 3.11. The number of carbonyl (C=O) groups is 1. The third-order valence-corrected chi connectivity index (χ3v) is 5.36. The van der Waals surface area contributed by atoms with Gasteiger partial charge in [0.2, 0.25) is 0 Å². The number of halogens is 1. The van der Waals surface area contributed by atoms with Crippen LogP contribution >= 0.6 is 0 Å². The first-order valence-electron chi connectivity index (χ1n) is 9.84. The van der Waals surface area contributed by atoms with E-state index < -0.39 is 5.82 Å². The largest absolute Gasteiger partial charge is 0.497 e. The van der Waals surface area contributed by atoms with Gasteiger partial charge in [0.15, 0.2) is 5.76 Å². The fraction of sp³-hybridized carbons (Fsp3) is 0.304. The molecule has 6 heteroatoms. The highest BCUT2D eigenvalue weighted by Crippen LogP contribution is 2.33. The summed E-state index contributed by atoms with van der Waals surface area (Å²) < 4.78 is 25.0. The van der Waals surface area contributed by atoms with Gasteiger partial charge in [0.05, 0.1) is 18.7 Å². The molecular formula is C23H23FN2O3. The molecule has 0 bridgehead atoms. The van der Waals surface area contributed by atoms with Crippen LogP contribution in [-0.4, -0.2) is 29.6 Å². The number of rotatable bonds is 4. The zero-order chi connectivity index (χ0) is 20.2. The molecule has 1 aliphatic rings. The van der Waals surface area contributed by atoms with Crippen LogP contribution in [0.25, 0.3) is 11.3 Å². The van der Waals surface area contributed by atoms with Crippen LogP contribution in [0.4, 0.5) is 4.39 Å². The van der Waals surface area contributed by atoms with Gasteiger partial charge in [-0.1, -0.05) is 30.1 Å². The van der Waals surface area contributed by atoms with E-state index in [9.17, 15) is 9.18 Å². The smallest absolute Gasteiger partial charge is 0.257 e. The van der Waals surface area contributed by atoms with E-state index in [4.69, 9.17) is 9.26 Å². The Balaban J connectivity index is 1.63. The molecule has 4 rings (SSSR count). The Labute approximate surface area is 169 Å². The maximum absolute atomic E-state index is 14.2. The molecule has 1 aliphatic heterocycles. The minimum atomic E-state index is -0.500. The number of nitrogens with zero attached hydrogens (tertiary/aromatic N) is 2. The van der Waals surface area contributed by atoms with Crippen LogP contribution in [0.3, 0.4) is 0 Å². The van der Waals surface area contributed by atoms with Crippen molar-refractivity contribution < 1.29 is 18.4 Å². The SMILES string of the molecule is COc1ccc(-c2cc([C@H]3CCCCCN3C(=O)c3ccccc3F)no2)cc1. The van der Waals surface area contributed by atoms with E-state index in [0.717, 1.165) is 37.0 Å². The summed E-state index contributed by atoms with van der Waals surface area (Å²) in [6.45, 7) is 0.572. The Morgan fingerprint density at radius 3 is 2.69 bits per heavy atom. The van der Waals surface area contributed by atoms with E-state index in [-0.39, 0.29) is 17.5 Å². The fourth-order valence-corrected chi connectivity index (χ4v) is 3.79. The van der Waals surface area contributed by atoms with Gasteiger partial charge < -0.3 is 14.2 Å². The molecule has 0 aliphatic carbocycles. The molecule has 29 heavy (non-hydrogen) atoms. The maximum Gasteiger partial charge on any atom is 0.257 e. The highest BCUT2D eigenvalue weighted by atomic mass is 19.1. The van der Waals surface area contributed by atoms with Crippen molar-refractivity contribution in [3.63, 3.8) is 0 Å². The standard InChI is InChI=1S/C23H23FN2O3/c1-28-17-12-10-16(11-13-17)22-15-20(25-29-22)21-9-3-2-6-14-26(21)23(27)18-7-4-5-8-19(18)24/h4-5,7-8,10-13,15,21H,2-3,6,9,14H2,1H3/t21-/m1/s1. The van der Waals surface area contributed by atoms with Crippen molar-refractivity contribution in [3.8, 4) is 17.1 Å². The van der Waals surface area contributed by atoms with Gasteiger partial charge in [-0.2, -0.15) is 0 Å². The molecule has 1 aromatic heterocycles. The first-order valence-corrected chi connectivity index (χ1v) is 9.84. The zero-order valence-corrected chi connectivity index (χ0v) is 16.3. The van der Waals surface area contributed by atoms with Gasteiger partial charge in [-0.25, -0.2) is 4.39 Å². The van der Waals surface area contributed by atoms with Crippen molar-refractivity contribution in [2.24, 2.45) is 0 Å². The summed E-state index contributed by atoms with van der Waals surface area (Å²) in [5.74, 6) is 0.590. The van der Waals surface area contributed by atoms with Gasteiger partial charge in [0, 0.05) is 18.2 Å². The van der Waals surface area contributed by atoms with Crippen molar-refractivity contribution in [2.75, 3.05) is 13.7 Å². The molecule has 5 nitrogen and oxygen atoms in total. The molecule has 0 saturated carbocycles. The first kappa shape index (κ1) is 19.2. The van der Waals surface area contributed by atoms with Crippen LogP contribution < -0.4 is 4.74 Å². The molecule has 0 spiro atoms. The molecule has 1 amide bonds. The van der Waals surface area contributed by atoms with Crippen molar-refractivity contribution in [1.29, 1.82) is 0 Å². The summed E-state index contributed by atoms with van der Waals surface area (Å²) in [4.78, 5) is 14.9. The lowest BCUT2D eigenvalue weighted by molar-refractivity contribution is 0.0669. The van der Waals surface area contributed by atoms with Crippen LogP contribution in [-0.2, 0) is 0 Å². The topological polar surface area (TPSA) is 55.6 Å². The van der Waals surface area contributed by atoms with E-state index in [1.807, 2.05) is 30.3 Å². The lowest BCUT2D eigenvalue weighted by Crippen LogP contribution is -2.35. The van der Waals surface area contributed by atoms with Crippen LogP contribution in [0, 0.1) is 5.82 Å². The van der Waals surface area contributed by atoms with Crippen LogP contribution in [0.2, 0.25) is 0 Å². The van der Waals surface area contributed by atoms with Crippen LogP contribution in [0.15, 0.2) is 59.1 Å². The lowest BCUT2D eigenvalue weighted by atomic mass is 10.0. The van der Waals surface area contributed by atoms with E-state index in [1.165, 1.54) is 12.1 Å². The second kappa shape index (κ2) is 8.47. The Hall–Kier alpha value is -3.15. The summed E-state index contributed by atoms with van der Waals surface area (Å²) in [6.07, 6.45) is 3.67. The van der Waals surface area contributed by atoms with Gasteiger partial charge in [-0.3, -0.25) is 4.79 Å². The number of carbonyl (C=O) groups excluding carboxylic acids is 1. The maximum atomic E-state index is 14.2. The lowest BCUT2D eigenvalue weighted by Gasteiger charge is -2.28. The fourth-order valence-electron chi connectivity index (χ4n) is 3.79. The summed E-state index contributed by atoms with van der Waals surface area (Å²) in [5.41, 5.74) is 1.67. The van der Waals surface area contributed by atoms with Crippen molar-refractivity contribution in [3.05, 3.63) is 71.7 Å². The second-order valence-electron chi connectivity index (χ2n) is 7.19. The molecular weight excluding hydrogens is 371 g/mol. The average molecular weight is 394 g/mol. The molecule has 1 fully saturated rings. The molecule has 2 heterocycles. The summed E-state index contributed by atoms with van der Waals surface area (Å²) in [7, 11) is 1.62. The predicted octanol–water partition coefficient (Wildman–Crippen LogP) is 5.25. The third kappa shape index (κ3) is 4.01. The second-order valence-corrected chi connectivity index (χ2v) is 7.19. The number of hydrogen-bond acceptors (Lipinski definition) is 4. The Kier molecular flexibility index (Phi) is 5.60. The Bertz CT molecular complexity index is 984. The normalized spacial score (nSPS) is 17.0. The van der Waals surface area contributed by atoms with Crippen LogP contribution in [0.5, 0.6) is 5.75 Å². The molecule has 1 saturated heterocycles. The molecule has 3 aromatic rings. The van der Waals surface area contributed by atoms with Crippen molar-refractivity contribution >= 4 is 5.91 Å². The zero-order valence-electron chi connectivity index (χ0n) is 16.3. The predicted molar refractivity (Wildman–Crippen MR) is 107 cm³/mol. The number of amides is 1. The number of hydrogen-bond donors (Lipinski definition) is 0. The van der Waals surface area contributed by atoms with E-state index in [2.05, 4.69) is 5.16 Å². The van der Waals surface area contributed by atoms with Crippen LogP contribution in [0.1, 0.15) is 47.8 Å². The quantitative estimate of drug-likeness (QED) is 0.607. The van der Waals surface area contributed by atoms with Gasteiger partial charge in [0.25, 0.3) is 5.91 Å². The Morgan fingerprint density at radius 2 is 1.93 bits per heavy atom. The van der Waals surface area contributed by atoms with E-state index in [0.29, 0.717) is 18.0 Å². The summed E-state index contributed by atoms with van der Waals surface area (Å²) >= 11 is 0. The molecule has 0 radical (unpaired) electrons. The molecule has 150 valence electrons. The number of benzene rings is 2. The van der Waals surface area contributed by atoms with E-state index >= 15 is 0 Å². The highest BCUT2D eigenvalue weighted by molar-refractivity contribution is 5.94. The number of ether oxygens (including phenoxy) is 1. The molecule has 2 aromatic carbocycles.